The molecule has 0 unspecified atom stereocenters. The summed E-state index contributed by atoms with van der Waals surface area (Å²) in [5.41, 5.74) is 7.92. The molecule has 84 valence electrons. The Hall–Kier alpha value is -1.03. The molecule has 4 nitrogen and oxygen atoms in total. The van der Waals surface area contributed by atoms with Gasteiger partial charge in [-0.2, -0.15) is 0 Å². The Morgan fingerprint density at radius 2 is 2.00 bits per heavy atom. The van der Waals surface area contributed by atoms with E-state index < -0.39 is 0 Å². The fourth-order valence-electron chi connectivity index (χ4n) is 2.17. The smallest absolute Gasteiger partial charge is 0.225 e. The number of nitrogen functional groups attached to an aromatic ring is 1. The first-order chi connectivity index (χ1) is 7.20. The topological polar surface area (TPSA) is 61.3 Å². The summed E-state index contributed by atoms with van der Waals surface area (Å²) in [6.07, 6.45) is 2.04. The predicted octanol–water partition coefficient (Wildman–Crippen LogP) is 2.27. The van der Waals surface area contributed by atoms with Gasteiger partial charge >= 0.3 is 0 Å². The maximum absolute atomic E-state index is 5.79. The van der Waals surface area contributed by atoms with Gasteiger partial charge < -0.3 is 15.0 Å². The molecule has 0 atom stereocenters. The minimum atomic E-state index is 0.370. The maximum Gasteiger partial charge on any atom is 0.225 e. The summed E-state index contributed by atoms with van der Waals surface area (Å²) in [6, 6.07) is 0. The number of aromatic nitrogens is 1. The summed E-state index contributed by atoms with van der Waals surface area (Å²) < 4.78 is 10.4. The van der Waals surface area contributed by atoms with E-state index in [0.717, 1.165) is 37.3 Å². The SMILES string of the molecule is CC(C)c1c(C2CCOCC2)noc1N. The maximum atomic E-state index is 5.79. The van der Waals surface area contributed by atoms with E-state index in [2.05, 4.69) is 19.0 Å². The quantitative estimate of drug-likeness (QED) is 0.813. The van der Waals surface area contributed by atoms with E-state index in [1.807, 2.05) is 0 Å². The van der Waals surface area contributed by atoms with Gasteiger partial charge in [0.15, 0.2) is 0 Å². The number of nitrogens with two attached hydrogens (primary N) is 1. The second kappa shape index (κ2) is 4.23. The Morgan fingerprint density at radius 3 is 2.60 bits per heavy atom. The van der Waals surface area contributed by atoms with Crippen molar-refractivity contribution in [2.24, 2.45) is 0 Å². The van der Waals surface area contributed by atoms with E-state index >= 15 is 0 Å². The lowest BCUT2D eigenvalue weighted by molar-refractivity contribution is 0.0836. The normalized spacial score (nSPS) is 18.6. The van der Waals surface area contributed by atoms with Crippen molar-refractivity contribution < 1.29 is 9.26 Å². The number of rotatable bonds is 2. The van der Waals surface area contributed by atoms with Crippen LogP contribution in [0.15, 0.2) is 4.52 Å². The van der Waals surface area contributed by atoms with Crippen LogP contribution in [0.3, 0.4) is 0 Å². The Balaban J connectivity index is 2.26. The van der Waals surface area contributed by atoms with Crippen LogP contribution >= 0.6 is 0 Å². The van der Waals surface area contributed by atoms with Crippen molar-refractivity contribution in [1.29, 1.82) is 0 Å². The second-order valence-electron chi connectivity index (χ2n) is 4.39. The molecule has 1 fully saturated rings. The zero-order valence-corrected chi connectivity index (χ0v) is 9.32. The molecular formula is C11H18N2O2. The van der Waals surface area contributed by atoms with Gasteiger partial charge in [0.05, 0.1) is 5.69 Å². The van der Waals surface area contributed by atoms with Crippen molar-refractivity contribution in [1.82, 2.24) is 5.16 Å². The van der Waals surface area contributed by atoms with E-state index in [1.54, 1.807) is 0 Å². The third kappa shape index (κ3) is 2.00. The molecule has 2 heterocycles. The first kappa shape index (κ1) is 10.5. The van der Waals surface area contributed by atoms with Crippen LogP contribution in [0.25, 0.3) is 0 Å². The molecule has 1 aromatic rings. The molecule has 0 bridgehead atoms. The minimum Gasteiger partial charge on any atom is -0.381 e. The van der Waals surface area contributed by atoms with Crippen LogP contribution in [0.5, 0.6) is 0 Å². The van der Waals surface area contributed by atoms with Crippen molar-refractivity contribution in [3.8, 4) is 0 Å². The standard InChI is InChI=1S/C11H18N2O2/c1-7(2)9-10(13-15-11(9)12)8-3-5-14-6-4-8/h7-8H,3-6,12H2,1-2H3. The molecular weight excluding hydrogens is 192 g/mol. The molecule has 0 spiro atoms. The van der Waals surface area contributed by atoms with E-state index in [9.17, 15) is 0 Å². The van der Waals surface area contributed by atoms with E-state index in [-0.39, 0.29) is 0 Å². The first-order valence-corrected chi connectivity index (χ1v) is 5.52. The number of nitrogens with zero attached hydrogens (tertiary/aromatic N) is 1. The van der Waals surface area contributed by atoms with Gasteiger partial charge in [0, 0.05) is 24.7 Å². The molecule has 4 heteroatoms. The fraction of sp³-hybridized carbons (Fsp3) is 0.727. The first-order valence-electron chi connectivity index (χ1n) is 5.52. The lowest BCUT2D eigenvalue weighted by Crippen LogP contribution is -2.16. The Bertz CT molecular complexity index is 327. The highest BCUT2D eigenvalue weighted by Crippen LogP contribution is 2.35. The second-order valence-corrected chi connectivity index (χ2v) is 4.39. The average Bonchev–Trinajstić information content (AvgIpc) is 2.61. The van der Waals surface area contributed by atoms with E-state index in [1.165, 1.54) is 0 Å². The van der Waals surface area contributed by atoms with Gasteiger partial charge in [-0.25, -0.2) is 0 Å². The molecule has 1 aliphatic rings. The molecule has 2 N–H and O–H groups in total. The molecule has 1 aliphatic heterocycles. The third-order valence-corrected chi connectivity index (χ3v) is 2.97. The predicted molar refractivity (Wildman–Crippen MR) is 57.8 cm³/mol. The van der Waals surface area contributed by atoms with E-state index in [0.29, 0.717) is 17.7 Å². The zero-order chi connectivity index (χ0) is 10.8. The molecule has 0 amide bonds. The lowest BCUT2D eigenvalue weighted by Gasteiger charge is -2.21. The number of anilines is 1. The number of hydrogen-bond acceptors (Lipinski definition) is 4. The van der Waals surface area contributed by atoms with Gasteiger partial charge in [-0.1, -0.05) is 19.0 Å². The highest BCUT2D eigenvalue weighted by Gasteiger charge is 2.25. The highest BCUT2D eigenvalue weighted by atomic mass is 16.5. The molecule has 1 saturated heterocycles. The summed E-state index contributed by atoms with van der Waals surface area (Å²) in [5, 5.41) is 4.11. The average molecular weight is 210 g/mol. The summed E-state index contributed by atoms with van der Waals surface area (Å²) in [4.78, 5) is 0. The fourth-order valence-corrected chi connectivity index (χ4v) is 2.17. The number of hydrogen-bond donors (Lipinski definition) is 1. The van der Waals surface area contributed by atoms with Crippen molar-refractivity contribution in [3.05, 3.63) is 11.3 Å². The van der Waals surface area contributed by atoms with Crippen LogP contribution in [0, 0.1) is 0 Å². The molecule has 15 heavy (non-hydrogen) atoms. The largest absolute Gasteiger partial charge is 0.381 e. The van der Waals surface area contributed by atoms with Crippen LogP contribution in [0.4, 0.5) is 5.88 Å². The zero-order valence-electron chi connectivity index (χ0n) is 9.32. The van der Waals surface area contributed by atoms with Gasteiger partial charge in [0.25, 0.3) is 0 Å². The highest BCUT2D eigenvalue weighted by molar-refractivity contribution is 5.42. The molecule has 1 aromatic heterocycles. The van der Waals surface area contributed by atoms with Crippen LogP contribution < -0.4 is 5.73 Å². The Morgan fingerprint density at radius 1 is 1.33 bits per heavy atom. The van der Waals surface area contributed by atoms with Crippen molar-refractivity contribution in [2.75, 3.05) is 18.9 Å². The van der Waals surface area contributed by atoms with Gasteiger partial charge in [-0.15, -0.1) is 0 Å². The molecule has 0 radical (unpaired) electrons. The van der Waals surface area contributed by atoms with Crippen LogP contribution in [-0.4, -0.2) is 18.4 Å². The summed E-state index contributed by atoms with van der Waals surface area (Å²) in [7, 11) is 0. The van der Waals surface area contributed by atoms with Crippen LogP contribution in [0.1, 0.15) is 49.8 Å². The Labute approximate surface area is 89.8 Å². The molecule has 0 aromatic carbocycles. The van der Waals surface area contributed by atoms with Gasteiger partial charge in [-0.3, -0.25) is 0 Å². The van der Waals surface area contributed by atoms with Crippen molar-refractivity contribution >= 4 is 5.88 Å². The summed E-state index contributed by atoms with van der Waals surface area (Å²) >= 11 is 0. The third-order valence-electron chi connectivity index (χ3n) is 2.97. The minimum absolute atomic E-state index is 0.370. The van der Waals surface area contributed by atoms with Crippen LogP contribution in [-0.2, 0) is 4.74 Å². The summed E-state index contributed by atoms with van der Waals surface area (Å²) in [5.74, 6) is 1.30. The van der Waals surface area contributed by atoms with Crippen molar-refractivity contribution in [2.45, 2.75) is 38.5 Å². The Kier molecular flexibility index (Phi) is 2.95. The monoisotopic (exact) mass is 210 g/mol. The molecule has 2 rings (SSSR count). The molecule has 0 aliphatic carbocycles. The van der Waals surface area contributed by atoms with Gasteiger partial charge in [0.2, 0.25) is 5.88 Å². The number of ether oxygens (including phenoxy) is 1. The van der Waals surface area contributed by atoms with E-state index in [4.69, 9.17) is 15.0 Å². The van der Waals surface area contributed by atoms with Crippen molar-refractivity contribution in [3.63, 3.8) is 0 Å². The van der Waals surface area contributed by atoms with Crippen LogP contribution in [0.2, 0.25) is 0 Å². The molecule has 0 saturated carbocycles. The van der Waals surface area contributed by atoms with Gasteiger partial charge in [-0.05, 0) is 18.8 Å². The lowest BCUT2D eigenvalue weighted by atomic mass is 9.90. The summed E-state index contributed by atoms with van der Waals surface area (Å²) in [6.45, 7) is 5.86. The van der Waals surface area contributed by atoms with Gasteiger partial charge in [0.1, 0.15) is 0 Å².